The predicted octanol–water partition coefficient (Wildman–Crippen LogP) is 4.94. The zero-order valence-corrected chi connectivity index (χ0v) is 14.0. The van der Waals surface area contributed by atoms with E-state index in [1.165, 1.54) is 11.6 Å². The van der Waals surface area contributed by atoms with Gasteiger partial charge >= 0.3 is 0 Å². The van der Waals surface area contributed by atoms with Crippen molar-refractivity contribution in [3.05, 3.63) is 34.1 Å². The van der Waals surface area contributed by atoms with Gasteiger partial charge in [0.05, 0.1) is 0 Å². The van der Waals surface area contributed by atoms with Crippen LogP contribution >= 0.6 is 15.9 Å². The molecule has 0 amide bonds. The van der Waals surface area contributed by atoms with Crippen LogP contribution in [0.3, 0.4) is 0 Å². The van der Waals surface area contributed by atoms with Crippen LogP contribution in [0.15, 0.2) is 22.7 Å². The van der Waals surface area contributed by atoms with Gasteiger partial charge in [0.15, 0.2) is 0 Å². The van der Waals surface area contributed by atoms with Crippen molar-refractivity contribution >= 4 is 15.9 Å². The summed E-state index contributed by atoms with van der Waals surface area (Å²) in [7, 11) is 0. The van der Waals surface area contributed by atoms with Crippen molar-refractivity contribution in [1.29, 1.82) is 0 Å². The number of aryl methyl sites for hydroxylation is 1. The smallest absolute Gasteiger partial charge is 0.124 e. The fraction of sp³-hybridized carbons (Fsp3) is 0.625. The number of hydrogen-bond acceptors (Lipinski definition) is 1. The number of nitrogens with one attached hydrogen (secondary N) is 1. The Morgan fingerprint density at radius 3 is 2.53 bits per heavy atom. The number of rotatable bonds is 6. The number of benzene rings is 1. The minimum atomic E-state index is -0.184. The van der Waals surface area contributed by atoms with Gasteiger partial charge in [-0.1, -0.05) is 49.7 Å². The van der Waals surface area contributed by atoms with Gasteiger partial charge in [-0.15, -0.1) is 0 Å². The zero-order chi connectivity index (χ0) is 14.5. The highest BCUT2D eigenvalue weighted by Crippen LogP contribution is 2.25. The van der Waals surface area contributed by atoms with Crippen molar-refractivity contribution in [2.45, 2.75) is 53.0 Å². The highest BCUT2D eigenvalue weighted by Gasteiger charge is 2.22. The molecule has 0 aliphatic rings. The monoisotopic (exact) mass is 329 g/mol. The van der Waals surface area contributed by atoms with Crippen LogP contribution in [0.2, 0.25) is 0 Å². The van der Waals surface area contributed by atoms with Crippen LogP contribution < -0.4 is 5.32 Å². The molecule has 0 spiro atoms. The maximum absolute atomic E-state index is 13.0. The molecule has 3 heteroatoms. The van der Waals surface area contributed by atoms with E-state index in [2.05, 4.69) is 48.9 Å². The molecule has 0 saturated heterocycles. The lowest BCUT2D eigenvalue weighted by atomic mass is 9.83. The Kier molecular flexibility index (Phi) is 6.48. The quantitative estimate of drug-likeness (QED) is 0.779. The minimum absolute atomic E-state index is 0.184. The van der Waals surface area contributed by atoms with Crippen molar-refractivity contribution in [1.82, 2.24) is 5.32 Å². The largest absolute Gasteiger partial charge is 0.314 e. The molecule has 0 saturated carbocycles. The molecule has 0 radical (unpaired) electrons. The van der Waals surface area contributed by atoms with Crippen LogP contribution in [-0.4, -0.2) is 12.6 Å². The summed E-state index contributed by atoms with van der Waals surface area (Å²) in [5.74, 6) is -0.184. The summed E-state index contributed by atoms with van der Waals surface area (Å²) in [5, 5.41) is 3.56. The van der Waals surface area contributed by atoms with E-state index in [0.29, 0.717) is 6.04 Å². The second kappa shape index (κ2) is 7.39. The molecule has 1 rings (SSSR count). The normalized spacial score (nSPS) is 13.6. The molecule has 19 heavy (non-hydrogen) atoms. The lowest BCUT2D eigenvalue weighted by Crippen LogP contribution is -2.40. The molecule has 1 nitrogen and oxygen atoms in total. The molecule has 1 aromatic rings. The van der Waals surface area contributed by atoms with E-state index in [-0.39, 0.29) is 11.2 Å². The second-order valence-corrected chi connectivity index (χ2v) is 6.96. The molecule has 1 atom stereocenters. The Labute approximate surface area is 125 Å². The van der Waals surface area contributed by atoms with Crippen molar-refractivity contribution in [2.75, 3.05) is 6.54 Å². The molecule has 0 aromatic heterocycles. The summed E-state index contributed by atoms with van der Waals surface area (Å²) >= 11 is 3.43. The van der Waals surface area contributed by atoms with Crippen LogP contribution in [0.1, 0.15) is 46.1 Å². The first-order valence-electron chi connectivity index (χ1n) is 7.02. The second-order valence-electron chi connectivity index (χ2n) is 6.10. The first kappa shape index (κ1) is 16.6. The van der Waals surface area contributed by atoms with Gasteiger partial charge in [-0.25, -0.2) is 4.39 Å². The average molecular weight is 330 g/mol. The van der Waals surface area contributed by atoms with Gasteiger partial charge in [-0.3, -0.25) is 0 Å². The SMILES string of the molecule is CCNC(CCCc1ccc(F)cc1Br)C(C)(C)C. The lowest BCUT2D eigenvalue weighted by molar-refractivity contribution is 0.254. The van der Waals surface area contributed by atoms with E-state index in [9.17, 15) is 4.39 Å². The summed E-state index contributed by atoms with van der Waals surface area (Å²) in [6.45, 7) is 9.97. The number of hydrogen-bond donors (Lipinski definition) is 1. The molecule has 0 bridgehead atoms. The molecule has 1 unspecified atom stereocenters. The van der Waals surface area contributed by atoms with Gasteiger partial charge in [-0.05, 0) is 48.9 Å². The van der Waals surface area contributed by atoms with E-state index >= 15 is 0 Å². The average Bonchev–Trinajstić information content (AvgIpc) is 2.29. The zero-order valence-electron chi connectivity index (χ0n) is 12.4. The lowest BCUT2D eigenvalue weighted by Gasteiger charge is -2.31. The summed E-state index contributed by atoms with van der Waals surface area (Å²) < 4.78 is 13.9. The molecule has 0 fully saturated rings. The fourth-order valence-corrected chi connectivity index (χ4v) is 2.86. The molecular formula is C16H25BrFN. The van der Waals surface area contributed by atoms with Crippen molar-refractivity contribution in [3.8, 4) is 0 Å². The third kappa shape index (κ3) is 5.62. The third-order valence-electron chi connectivity index (χ3n) is 3.45. The summed E-state index contributed by atoms with van der Waals surface area (Å²) in [6.07, 6.45) is 3.24. The fourth-order valence-electron chi connectivity index (χ4n) is 2.31. The summed E-state index contributed by atoms with van der Waals surface area (Å²) in [6, 6.07) is 5.47. The first-order chi connectivity index (χ1) is 8.84. The Hall–Kier alpha value is -0.410. The molecule has 0 aliphatic carbocycles. The Morgan fingerprint density at radius 2 is 2.00 bits per heavy atom. The van der Waals surface area contributed by atoms with Gasteiger partial charge in [0.1, 0.15) is 5.82 Å². The van der Waals surface area contributed by atoms with Crippen molar-refractivity contribution in [3.63, 3.8) is 0 Å². The van der Waals surface area contributed by atoms with Gasteiger partial charge < -0.3 is 5.32 Å². The molecule has 1 N–H and O–H groups in total. The van der Waals surface area contributed by atoms with E-state index in [0.717, 1.165) is 30.3 Å². The molecule has 0 aliphatic heterocycles. The van der Waals surface area contributed by atoms with Gasteiger partial charge in [-0.2, -0.15) is 0 Å². The van der Waals surface area contributed by atoms with E-state index in [1.54, 1.807) is 6.07 Å². The Bertz CT molecular complexity index is 398. The minimum Gasteiger partial charge on any atom is -0.314 e. The standard InChI is InChI=1S/C16H25BrFN/c1-5-19-15(16(2,3)4)8-6-7-12-9-10-13(18)11-14(12)17/h9-11,15,19H,5-8H2,1-4H3. The predicted molar refractivity (Wildman–Crippen MR) is 84.0 cm³/mol. The topological polar surface area (TPSA) is 12.0 Å². The highest BCUT2D eigenvalue weighted by molar-refractivity contribution is 9.10. The molecule has 108 valence electrons. The van der Waals surface area contributed by atoms with Crippen molar-refractivity contribution in [2.24, 2.45) is 5.41 Å². The van der Waals surface area contributed by atoms with Crippen LogP contribution in [0.4, 0.5) is 4.39 Å². The van der Waals surface area contributed by atoms with Crippen LogP contribution in [-0.2, 0) is 6.42 Å². The van der Waals surface area contributed by atoms with E-state index < -0.39 is 0 Å². The van der Waals surface area contributed by atoms with Crippen LogP contribution in [0.5, 0.6) is 0 Å². The number of halogens is 2. The third-order valence-corrected chi connectivity index (χ3v) is 4.19. The molecular weight excluding hydrogens is 305 g/mol. The Morgan fingerprint density at radius 1 is 1.32 bits per heavy atom. The molecule has 0 heterocycles. The van der Waals surface area contributed by atoms with E-state index in [1.807, 2.05) is 6.07 Å². The van der Waals surface area contributed by atoms with Crippen molar-refractivity contribution < 1.29 is 4.39 Å². The maximum atomic E-state index is 13.0. The van der Waals surface area contributed by atoms with Gasteiger partial charge in [0.25, 0.3) is 0 Å². The maximum Gasteiger partial charge on any atom is 0.124 e. The van der Waals surface area contributed by atoms with Crippen LogP contribution in [0.25, 0.3) is 0 Å². The summed E-state index contributed by atoms with van der Waals surface area (Å²) in [5.41, 5.74) is 1.46. The summed E-state index contributed by atoms with van der Waals surface area (Å²) in [4.78, 5) is 0. The molecule has 1 aromatic carbocycles. The van der Waals surface area contributed by atoms with Crippen LogP contribution in [0, 0.1) is 11.2 Å². The Balaban J connectivity index is 2.52. The first-order valence-corrected chi connectivity index (χ1v) is 7.81. The van der Waals surface area contributed by atoms with E-state index in [4.69, 9.17) is 0 Å². The van der Waals surface area contributed by atoms with Gasteiger partial charge in [0.2, 0.25) is 0 Å². The van der Waals surface area contributed by atoms with Gasteiger partial charge in [0, 0.05) is 10.5 Å². The highest BCUT2D eigenvalue weighted by atomic mass is 79.9.